The van der Waals surface area contributed by atoms with Crippen LogP contribution < -0.4 is 10.6 Å². The van der Waals surface area contributed by atoms with Gasteiger partial charge in [-0.15, -0.1) is 0 Å². The molecular formula is C26H35N7O. The van der Waals surface area contributed by atoms with E-state index >= 15 is 0 Å². The largest absolute Gasteiger partial charge is 0.325 e. The summed E-state index contributed by atoms with van der Waals surface area (Å²) in [5, 5.41) is 14.0. The van der Waals surface area contributed by atoms with Crippen LogP contribution in [-0.2, 0) is 25.7 Å². The van der Waals surface area contributed by atoms with Crippen LogP contribution in [0.5, 0.6) is 0 Å². The number of hydrogen-bond donors (Lipinski definition) is 3. The molecule has 8 heteroatoms. The van der Waals surface area contributed by atoms with Crippen LogP contribution in [0.1, 0.15) is 60.3 Å². The van der Waals surface area contributed by atoms with Crippen LogP contribution in [0.4, 0.5) is 22.1 Å². The van der Waals surface area contributed by atoms with Gasteiger partial charge in [0.25, 0.3) is 0 Å². The van der Waals surface area contributed by atoms with Gasteiger partial charge in [0.2, 0.25) is 0 Å². The van der Waals surface area contributed by atoms with E-state index in [0.29, 0.717) is 5.82 Å². The molecule has 1 saturated heterocycles. The van der Waals surface area contributed by atoms with Crippen LogP contribution in [-0.4, -0.2) is 44.2 Å². The van der Waals surface area contributed by atoms with E-state index in [0.717, 1.165) is 74.5 Å². The van der Waals surface area contributed by atoms with Crippen molar-refractivity contribution in [3.63, 3.8) is 0 Å². The molecule has 0 saturated carbocycles. The van der Waals surface area contributed by atoms with E-state index in [1.807, 2.05) is 17.9 Å². The Balaban J connectivity index is 1.52. The van der Waals surface area contributed by atoms with Gasteiger partial charge in [-0.3, -0.25) is 10.1 Å². The van der Waals surface area contributed by atoms with Crippen LogP contribution in [0, 0.1) is 13.8 Å². The molecule has 2 amide bonds. The molecule has 3 aromatic rings. The Morgan fingerprint density at radius 3 is 2.50 bits per heavy atom. The fraction of sp³-hybridized carbons (Fsp3) is 0.462. The van der Waals surface area contributed by atoms with E-state index in [1.54, 1.807) is 12.4 Å². The highest BCUT2D eigenvalue weighted by Gasteiger charge is 2.21. The number of benzene rings is 1. The van der Waals surface area contributed by atoms with Crippen molar-refractivity contribution >= 4 is 23.4 Å². The highest BCUT2D eigenvalue weighted by Crippen LogP contribution is 2.30. The summed E-state index contributed by atoms with van der Waals surface area (Å²) < 4.78 is 0. The van der Waals surface area contributed by atoms with E-state index in [2.05, 4.69) is 57.6 Å². The van der Waals surface area contributed by atoms with E-state index in [4.69, 9.17) is 0 Å². The van der Waals surface area contributed by atoms with Crippen LogP contribution in [0.2, 0.25) is 0 Å². The normalized spacial score (nSPS) is 13.4. The molecule has 1 aliphatic rings. The quantitative estimate of drug-likeness (QED) is 0.434. The lowest BCUT2D eigenvalue weighted by Gasteiger charge is -2.22. The zero-order valence-corrected chi connectivity index (χ0v) is 20.7. The second kappa shape index (κ2) is 10.7. The van der Waals surface area contributed by atoms with E-state index < -0.39 is 0 Å². The maximum Gasteiger partial charge on any atom is 0.321 e. The minimum Gasteiger partial charge on any atom is -0.325 e. The summed E-state index contributed by atoms with van der Waals surface area (Å²) in [5.74, 6) is 1.44. The second-order valence-electron chi connectivity index (χ2n) is 8.89. The minimum absolute atomic E-state index is 0.0210. The molecule has 0 atom stereocenters. The van der Waals surface area contributed by atoms with Crippen molar-refractivity contribution in [1.29, 1.82) is 0 Å². The van der Waals surface area contributed by atoms with Crippen molar-refractivity contribution in [1.82, 2.24) is 25.1 Å². The first-order valence-electron chi connectivity index (χ1n) is 12.3. The SMILES string of the molecule is CCc1cc(NC(=O)N2CCCC2)c(CC)c(CCc2cc(Nc3nccnc3C)n[nH]2)c1C. The minimum atomic E-state index is 0.0210. The molecule has 3 N–H and O–H groups in total. The van der Waals surface area contributed by atoms with Gasteiger partial charge in [0.15, 0.2) is 11.6 Å². The van der Waals surface area contributed by atoms with Crippen molar-refractivity contribution in [2.45, 2.75) is 66.2 Å². The molecular weight excluding hydrogens is 426 g/mol. The molecule has 4 rings (SSSR count). The van der Waals surface area contributed by atoms with Crippen LogP contribution >= 0.6 is 0 Å². The fourth-order valence-electron chi connectivity index (χ4n) is 4.75. The van der Waals surface area contributed by atoms with Gasteiger partial charge >= 0.3 is 6.03 Å². The Labute approximate surface area is 201 Å². The number of rotatable bonds is 8. The number of anilines is 3. The Morgan fingerprint density at radius 1 is 1.03 bits per heavy atom. The predicted molar refractivity (Wildman–Crippen MR) is 136 cm³/mol. The molecule has 3 heterocycles. The molecule has 0 bridgehead atoms. The first-order valence-corrected chi connectivity index (χ1v) is 12.3. The molecule has 0 aliphatic carbocycles. The third kappa shape index (κ3) is 5.21. The molecule has 0 radical (unpaired) electrons. The first kappa shape index (κ1) is 23.7. The number of nitrogens with zero attached hydrogens (tertiary/aromatic N) is 4. The number of aromatic nitrogens is 4. The van der Waals surface area contributed by atoms with Gasteiger partial charge in [0.05, 0.1) is 5.69 Å². The maximum atomic E-state index is 12.8. The van der Waals surface area contributed by atoms with E-state index in [9.17, 15) is 4.79 Å². The van der Waals surface area contributed by atoms with E-state index in [1.165, 1.54) is 22.3 Å². The Hall–Kier alpha value is -3.42. The number of likely N-dealkylation sites (tertiary alicyclic amines) is 1. The lowest BCUT2D eigenvalue weighted by molar-refractivity contribution is 0.222. The summed E-state index contributed by atoms with van der Waals surface area (Å²) in [6, 6.07) is 4.22. The number of carbonyl (C=O) groups excluding carboxylic acids is 1. The monoisotopic (exact) mass is 461 g/mol. The molecule has 2 aromatic heterocycles. The predicted octanol–water partition coefficient (Wildman–Crippen LogP) is 5.10. The average molecular weight is 462 g/mol. The molecule has 34 heavy (non-hydrogen) atoms. The number of amides is 2. The molecule has 1 aliphatic heterocycles. The molecule has 8 nitrogen and oxygen atoms in total. The highest BCUT2D eigenvalue weighted by atomic mass is 16.2. The summed E-state index contributed by atoms with van der Waals surface area (Å²) >= 11 is 0. The number of carbonyl (C=O) groups is 1. The highest BCUT2D eigenvalue weighted by molar-refractivity contribution is 5.91. The zero-order valence-electron chi connectivity index (χ0n) is 20.7. The Morgan fingerprint density at radius 2 is 1.79 bits per heavy atom. The van der Waals surface area contributed by atoms with Crippen LogP contribution in [0.25, 0.3) is 0 Å². The molecule has 0 spiro atoms. The van der Waals surface area contributed by atoms with Crippen LogP contribution in [0.3, 0.4) is 0 Å². The summed E-state index contributed by atoms with van der Waals surface area (Å²) in [6.07, 6.45) is 9.03. The number of hydrogen-bond acceptors (Lipinski definition) is 5. The van der Waals surface area contributed by atoms with Crippen molar-refractivity contribution in [3.8, 4) is 0 Å². The molecule has 1 aromatic carbocycles. The number of nitrogens with one attached hydrogen (secondary N) is 3. The van der Waals surface area contributed by atoms with Gasteiger partial charge in [-0.25, -0.2) is 9.78 Å². The number of H-pyrrole nitrogens is 1. The molecule has 180 valence electrons. The zero-order chi connectivity index (χ0) is 24.1. The second-order valence-corrected chi connectivity index (χ2v) is 8.89. The lowest BCUT2D eigenvalue weighted by atomic mass is 9.89. The lowest BCUT2D eigenvalue weighted by Crippen LogP contribution is -2.32. The third-order valence-corrected chi connectivity index (χ3v) is 6.71. The van der Waals surface area contributed by atoms with Crippen LogP contribution in [0.15, 0.2) is 24.5 Å². The summed E-state index contributed by atoms with van der Waals surface area (Å²) in [6.45, 7) is 10.1. The van der Waals surface area contributed by atoms with Gasteiger partial charge in [0.1, 0.15) is 0 Å². The van der Waals surface area contributed by atoms with Gasteiger partial charge in [-0.05, 0) is 80.7 Å². The Bertz CT molecular complexity index is 1150. The van der Waals surface area contributed by atoms with Gasteiger partial charge in [-0.2, -0.15) is 5.10 Å². The standard InChI is InChI=1S/C26H35N7O/c1-5-19-15-23(29-26(34)33-13-7-8-14-33)21(6-2)22(17(19)3)10-9-20-16-24(32-31-20)30-25-18(4)27-11-12-28-25/h11-12,15-16H,5-10,13-14H2,1-4H3,(H,29,34)(H2,28,30,31,32). The topological polar surface area (TPSA) is 98.8 Å². The van der Waals surface area contributed by atoms with Gasteiger partial charge in [-0.1, -0.05) is 13.8 Å². The van der Waals surface area contributed by atoms with Gasteiger partial charge < -0.3 is 15.5 Å². The third-order valence-electron chi connectivity index (χ3n) is 6.71. The van der Waals surface area contributed by atoms with Crippen molar-refractivity contribution < 1.29 is 4.79 Å². The van der Waals surface area contributed by atoms with Crippen molar-refractivity contribution in [2.75, 3.05) is 23.7 Å². The first-order chi connectivity index (χ1) is 16.5. The van der Waals surface area contributed by atoms with Crippen molar-refractivity contribution in [2.24, 2.45) is 0 Å². The smallest absolute Gasteiger partial charge is 0.321 e. The average Bonchev–Trinajstić information content (AvgIpc) is 3.53. The summed E-state index contributed by atoms with van der Waals surface area (Å²) in [4.78, 5) is 23.3. The molecule has 0 unspecified atom stereocenters. The maximum absolute atomic E-state index is 12.8. The summed E-state index contributed by atoms with van der Waals surface area (Å²) in [5.41, 5.74) is 8.01. The fourth-order valence-corrected chi connectivity index (χ4v) is 4.75. The van der Waals surface area contributed by atoms with Gasteiger partial charge in [0, 0.05) is 42.9 Å². The Kier molecular flexibility index (Phi) is 7.45. The van der Waals surface area contributed by atoms with E-state index in [-0.39, 0.29) is 6.03 Å². The number of aryl methyl sites for hydroxylation is 3. The molecule has 1 fully saturated rings. The summed E-state index contributed by atoms with van der Waals surface area (Å²) in [7, 11) is 0. The number of urea groups is 1. The van der Waals surface area contributed by atoms with Crippen molar-refractivity contribution in [3.05, 3.63) is 58.2 Å². The number of aromatic amines is 1.